The normalized spacial score (nSPS) is 10.9. The molecule has 0 amide bonds. The maximum atomic E-state index is 14.3. The minimum absolute atomic E-state index is 0.0264. The molecule has 0 saturated heterocycles. The van der Waals surface area contributed by atoms with E-state index in [4.69, 9.17) is 0 Å². The predicted octanol–water partition coefficient (Wildman–Crippen LogP) is 4.08. The second-order valence-electron chi connectivity index (χ2n) is 5.94. The van der Waals surface area contributed by atoms with Crippen LogP contribution in [0.5, 0.6) is 0 Å². The number of rotatable bonds is 5. The zero-order valence-electron chi connectivity index (χ0n) is 14.0. The lowest BCUT2D eigenvalue weighted by molar-refractivity contribution is -0.384. The van der Waals surface area contributed by atoms with Crippen LogP contribution in [-0.4, -0.2) is 19.5 Å². The standard InChI is InChI=1S/C19H14FN5O2/c20-16-9-13(1-5-18(16)24-8-7-21-12-24)11-22-19-6-2-14-10-15(25(26)27)3-4-17(14)23-19/h1-10,12H,11H2,(H,22,23). The lowest BCUT2D eigenvalue weighted by Crippen LogP contribution is -2.03. The SMILES string of the molecule is O=[N+]([O-])c1ccc2nc(NCc3ccc(-n4ccnc4)c(F)c3)ccc2c1. The van der Waals surface area contributed by atoms with Gasteiger partial charge in [0.15, 0.2) is 0 Å². The van der Waals surface area contributed by atoms with Crippen molar-refractivity contribution in [1.29, 1.82) is 0 Å². The summed E-state index contributed by atoms with van der Waals surface area (Å²) in [4.78, 5) is 18.7. The number of fused-ring (bicyclic) bond motifs is 1. The first-order valence-corrected chi connectivity index (χ1v) is 8.16. The lowest BCUT2D eigenvalue weighted by atomic mass is 10.2. The van der Waals surface area contributed by atoms with Crippen molar-refractivity contribution in [3.05, 3.63) is 88.7 Å². The largest absolute Gasteiger partial charge is 0.366 e. The van der Waals surface area contributed by atoms with Gasteiger partial charge in [-0.05, 0) is 35.9 Å². The van der Waals surface area contributed by atoms with E-state index in [1.807, 2.05) is 6.07 Å². The van der Waals surface area contributed by atoms with Crippen molar-refractivity contribution in [2.75, 3.05) is 5.32 Å². The molecule has 4 aromatic rings. The fourth-order valence-corrected chi connectivity index (χ4v) is 2.79. The van der Waals surface area contributed by atoms with Crippen molar-refractivity contribution in [2.45, 2.75) is 6.54 Å². The second kappa shape index (κ2) is 6.83. The molecular formula is C19H14FN5O2. The van der Waals surface area contributed by atoms with Gasteiger partial charge in [0.25, 0.3) is 5.69 Å². The summed E-state index contributed by atoms with van der Waals surface area (Å²) in [5.74, 6) is 0.265. The van der Waals surface area contributed by atoms with E-state index in [2.05, 4.69) is 15.3 Å². The Bertz CT molecular complexity index is 1130. The van der Waals surface area contributed by atoms with Crippen LogP contribution in [0.3, 0.4) is 0 Å². The van der Waals surface area contributed by atoms with Crippen LogP contribution in [0, 0.1) is 15.9 Å². The molecule has 0 atom stereocenters. The summed E-state index contributed by atoms with van der Waals surface area (Å²) < 4.78 is 15.9. The van der Waals surface area contributed by atoms with Gasteiger partial charge in [-0.3, -0.25) is 10.1 Å². The summed E-state index contributed by atoms with van der Waals surface area (Å²) in [6, 6.07) is 13.0. The molecule has 1 N–H and O–H groups in total. The van der Waals surface area contributed by atoms with Crippen molar-refractivity contribution in [3.8, 4) is 5.69 Å². The molecule has 0 saturated carbocycles. The number of non-ortho nitro benzene ring substituents is 1. The molecule has 0 aliphatic heterocycles. The summed E-state index contributed by atoms with van der Waals surface area (Å²) in [7, 11) is 0. The summed E-state index contributed by atoms with van der Waals surface area (Å²) in [6.45, 7) is 0.395. The zero-order valence-corrected chi connectivity index (χ0v) is 14.0. The van der Waals surface area contributed by atoms with Crippen molar-refractivity contribution in [2.24, 2.45) is 0 Å². The number of nitrogens with one attached hydrogen (secondary N) is 1. The number of benzene rings is 2. The van der Waals surface area contributed by atoms with E-state index in [-0.39, 0.29) is 11.5 Å². The smallest absolute Gasteiger partial charge is 0.270 e. The number of aromatic nitrogens is 3. The fraction of sp³-hybridized carbons (Fsp3) is 0.0526. The van der Waals surface area contributed by atoms with Crippen molar-refractivity contribution < 1.29 is 9.31 Å². The van der Waals surface area contributed by atoms with E-state index in [1.54, 1.807) is 47.6 Å². The van der Waals surface area contributed by atoms with E-state index in [0.29, 0.717) is 29.0 Å². The fourth-order valence-electron chi connectivity index (χ4n) is 2.79. The quantitative estimate of drug-likeness (QED) is 0.426. The Balaban J connectivity index is 1.50. The van der Waals surface area contributed by atoms with Gasteiger partial charge in [-0.1, -0.05) is 6.07 Å². The Morgan fingerprint density at radius 1 is 1.15 bits per heavy atom. The molecule has 0 unspecified atom stereocenters. The molecule has 2 aromatic carbocycles. The second-order valence-corrected chi connectivity index (χ2v) is 5.94. The first-order chi connectivity index (χ1) is 13.1. The predicted molar refractivity (Wildman–Crippen MR) is 99.2 cm³/mol. The van der Waals surface area contributed by atoms with E-state index < -0.39 is 4.92 Å². The molecule has 0 bridgehead atoms. The molecule has 0 fully saturated rings. The van der Waals surface area contributed by atoms with Crippen LogP contribution >= 0.6 is 0 Å². The molecule has 4 rings (SSSR count). The highest BCUT2D eigenvalue weighted by Gasteiger charge is 2.08. The van der Waals surface area contributed by atoms with Crippen LogP contribution < -0.4 is 5.32 Å². The number of nitro groups is 1. The van der Waals surface area contributed by atoms with Gasteiger partial charge < -0.3 is 9.88 Å². The van der Waals surface area contributed by atoms with Gasteiger partial charge in [-0.2, -0.15) is 0 Å². The van der Waals surface area contributed by atoms with Crippen molar-refractivity contribution in [3.63, 3.8) is 0 Å². The summed E-state index contributed by atoms with van der Waals surface area (Å²) >= 11 is 0. The number of nitro benzene ring substituents is 1. The molecular weight excluding hydrogens is 349 g/mol. The molecule has 0 aliphatic rings. The molecule has 7 nitrogen and oxygen atoms in total. The molecule has 2 heterocycles. The van der Waals surface area contributed by atoms with Crippen LogP contribution in [0.2, 0.25) is 0 Å². The Morgan fingerprint density at radius 3 is 2.78 bits per heavy atom. The molecule has 2 aromatic heterocycles. The number of pyridine rings is 1. The molecule has 0 spiro atoms. The highest BCUT2D eigenvalue weighted by atomic mass is 19.1. The summed E-state index contributed by atoms with van der Waals surface area (Å²) in [5.41, 5.74) is 1.87. The summed E-state index contributed by atoms with van der Waals surface area (Å²) in [6.07, 6.45) is 4.81. The van der Waals surface area contributed by atoms with E-state index in [0.717, 1.165) is 5.56 Å². The third-order valence-corrected chi connectivity index (χ3v) is 4.15. The van der Waals surface area contributed by atoms with E-state index in [9.17, 15) is 14.5 Å². The minimum atomic E-state index is -0.437. The maximum absolute atomic E-state index is 14.3. The minimum Gasteiger partial charge on any atom is -0.366 e. The van der Waals surface area contributed by atoms with Gasteiger partial charge in [0.05, 0.1) is 22.5 Å². The van der Waals surface area contributed by atoms with Gasteiger partial charge in [-0.25, -0.2) is 14.4 Å². The van der Waals surface area contributed by atoms with E-state index >= 15 is 0 Å². The van der Waals surface area contributed by atoms with Gasteiger partial charge in [-0.15, -0.1) is 0 Å². The number of halogens is 1. The zero-order chi connectivity index (χ0) is 18.8. The molecule has 0 radical (unpaired) electrons. The lowest BCUT2D eigenvalue weighted by Gasteiger charge is -2.09. The monoisotopic (exact) mass is 363 g/mol. The average molecular weight is 363 g/mol. The van der Waals surface area contributed by atoms with Crippen molar-refractivity contribution >= 4 is 22.4 Å². The number of nitrogens with zero attached hydrogens (tertiary/aromatic N) is 4. The van der Waals surface area contributed by atoms with Gasteiger partial charge in [0, 0.05) is 36.5 Å². The third-order valence-electron chi connectivity index (χ3n) is 4.15. The molecule has 134 valence electrons. The number of anilines is 1. The Morgan fingerprint density at radius 2 is 2.04 bits per heavy atom. The Labute approximate surface area is 153 Å². The highest BCUT2D eigenvalue weighted by molar-refractivity contribution is 5.82. The highest BCUT2D eigenvalue weighted by Crippen LogP contribution is 2.22. The van der Waals surface area contributed by atoms with Crippen LogP contribution in [0.15, 0.2) is 67.3 Å². The number of hydrogen-bond donors (Lipinski definition) is 1. The van der Waals surface area contributed by atoms with Gasteiger partial charge >= 0.3 is 0 Å². The van der Waals surface area contributed by atoms with Crippen LogP contribution in [-0.2, 0) is 6.54 Å². The first-order valence-electron chi connectivity index (χ1n) is 8.16. The van der Waals surface area contributed by atoms with Gasteiger partial charge in [0.1, 0.15) is 11.6 Å². The van der Waals surface area contributed by atoms with Crippen LogP contribution in [0.25, 0.3) is 16.6 Å². The van der Waals surface area contributed by atoms with Crippen LogP contribution in [0.4, 0.5) is 15.9 Å². The summed E-state index contributed by atoms with van der Waals surface area (Å²) in [5, 5.41) is 14.7. The average Bonchev–Trinajstić information content (AvgIpc) is 3.20. The van der Waals surface area contributed by atoms with E-state index in [1.165, 1.54) is 18.2 Å². The molecule has 27 heavy (non-hydrogen) atoms. The molecule has 8 heteroatoms. The maximum Gasteiger partial charge on any atom is 0.270 e. The first kappa shape index (κ1) is 16.6. The van der Waals surface area contributed by atoms with Crippen molar-refractivity contribution in [1.82, 2.24) is 14.5 Å². The van der Waals surface area contributed by atoms with Gasteiger partial charge in [0.2, 0.25) is 0 Å². The number of hydrogen-bond acceptors (Lipinski definition) is 5. The van der Waals surface area contributed by atoms with Crippen LogP contribution in [0.1, 0.15) is 5.56 Å². The Hall–Kier alpha value is -3.81. The third kappa shape index (κ3) is 3.45. The number of imidazole rings is 1. The topological polar surface area (TPSA) is 85.9 Å². The molecule has 0 aliphatic carbocycles. The Kier molecular flexibility index (Phi) is 4.21.